The van der Waals surface area contributed by atoms with Gasteiger partial charge in [-0.05, 0) is 42.8 Å². The minimum atomic E-state index is 0.880. The summed E-state index contributed by atoms with van der Waals surface area (Å²) in [7, 11) is 0. The van der Waals surface area contributed by atoms with E-state index >= 15 is 0 Å². The molecule has 0 bridgehead atoms. The summed E-state index contributed by atoms with van der Waals surface area (Å²) in [4.78, 5) is 16.2. The Bertz CT molecular complexity index is 829. The Morgan fingerprint density at radius 3 is 2.96 bits per heavy atom. The lowest BCUT2D eigenvalue weighted by atomic mass is 10.0. The molecule has 0 atom stereocenters. The molecule has 0 unspecified atom stereocenters. The van der Waals surface area contributed by atoms with Gasteiger partial charge in [-0.2, -0.15) is 0 Å². The second-order valence-electron chi connectivity index (χ2n) is 6.19. The number of aryl methyl sites for hydroxylation is 1. The van der Waals surface area contributed by atoms with Gasteiger partial charge in [-0.25, -0.2) is 9.97 Å². The molecule has 0 radical (unpaired) electrons. The van der Waals surface area contributed by atoms with Crippen LogP contribution in [0.1, 0.15) is 22.6 Å². The van der Waals surface area contributed by atoms with Gasteiger partial charge in [0.05, 0.1) is 0 Å². The predicted molar refractivity (Wildman–Crippen MR) is 91.2 cm³/mol. The molecule has 0 fully saturated rings. The molecule has 4 nitrogen and oxygen atoms in total. The third kappa shape index (κ3) is 3.08. The van der Waals surface area contributed by atoms with Gasteiger partial charge in [-0.15, -0.1) is 0 Å². The van der Waals surface area contributed by atoms with Crippen LogP contribution in [0.15, 0.2) is 42.6 Å². The molecule has 0 aromatic carbocycles. The van der Waals surface area contributed by atoms with Crippen molar-refractivity contribution in [1.29, 1.82) is 0 Å². The number of rotatable bonds is 3. The van der Waals surface area contributed by atoms with E-state index in [2.05, 4.69) is 45.2 Å². The molecule has 0 saturated carbocycles. The highest BCUT2D eigenvalue weighted by molar-refractivity contribution is 5.76. The highest BCUT2D eigenvalue weighted by Crippen LogP contribution is 2.22. The number of aromatic nitrogens is 3. The summed E-state index contributed by atoms with van der Waals surface area (Å²) in [5, 5.41) is 1.14. The summed E-state index contributed by atoms with van der Waals surface area (Å²) in [5.74, 6) is 0. The molecule has 1 aliphatic rings. The highest BCUT2D eigenvalue weighted by atomic mass is 15.1. The zero-order valence-electron chi connectivity index (χ0n) is 13.4. The van der Waals surface area contributed by atoms with E-state index in [1.807, 2.05) is 19.2 Å². The minimum absolute atomic E-state index is 0.880. The van der Waals surface area contributed by atoms with Gasteiger partial charge < -0.3 is 0 Å². The Balaban J connectivity index is 1.51. The summed E-state index contributed by atoms with van der Waals surface area (Å²) in [5.41, 5.74) is 5.62. The van der Waals surface area contributed by atoms with Crippen LogP contribution in [0.5, 0.6) is 0 Å². The maximum atomic E-state index is 4.78. The van der Waals surface area contributed by atoms with E-state index < -0.39 is 0 Å². The molecule has 4 heterocycles. The Kier molecular flexibility index (Phi) is 3.75. The van der Waals surface area contributed by atoms with E-state index in [1.54, 1.807) is 0 Å². The van der Waals surface area contributed by atoms with Crippen molar-refractivity contribution in [2.75, 3.05) is 13.1 Å². The number of fused-ring (bicyclic) bond motifs is 2. The van der Waals surface area contributed by atoms with Gasteiger partial charge in [0.25, 0.3) is 0 Å². The molecular weight excluding hydrogens is 284 g/mol. The molecule has 0 aliphatic carbocycles. The molecule has 0 amide bonds. The maximum absolute atomic E-state index is 4.78. The van der Waals surface area contributed by atoms with Crippen LogP contribution in [0.4, 0.5) is 0 Å². The van der Waals surface area contributed by atoms with Crippen molar-refractivity contribution in [1.82, 2.24) is 19.9 Å². The summed E-state index contributed by atoms with van der Waals surface area (Å²) in [6.07, 6.45) is 3.87. The molecule has 4 rings (SSSR count). The van der Waals surface area contributed by atoms with Crippen LogP contribution in [0, 0.1) is 6.92 Å². The van der Waals surface area contributed by atoms with E-state index in [0.29, 0.717) is 0 Å². The number of pyridine rings is 3. The topological polar surface area (TPSA) is 41.9 Å². The first-order valence-corrected chi connectivity index (χ1v) is 8.16. The SMILES string of the molecule is Cc1ccc2cc3c(nc2n1)CCN(CCc1ccccn1)C3. The Hall–Kier alpha value is -2.33. The minimum Gasteiger partial charge on any atom is -0.298 e. The van der Waals surface area contributed by atoms with Gasteiger partial charge in [0.1, 0.15) is 0 Å². The third-order valence-corrected chi connectivity index (χ3v) is 4.45. The highest BCUT2D eigenvalue weighted by Gasteiger charge is 2.18. The van der Waals surface area contributed by atoms with Crippen LogP contribution in [0.2, 0.25) is 0 Å². The molecule has 3 aromatic rings. The van der Waals surface area contributed by atoms with E-state index in [9.17, 15) is 0 Å². The predicted octanol–water partition coefficient (Wildman–Crippen LogP) is 2.93. The molecule has 0 spiro atoms. The molecule has 23 heavy (non-hydrogen) atoms. The summed E-state index contributed by atoms with van der Waals surface area (Å²) < 4.78 is 0. The van der Waals surface area contributed by atoms with Gasteiger partial charge in [0.2, 0.25) is 0 Å². The molecule has 3 aromatic heterocycles. The van der Waals surface area contributed by atoms with E-state index in [-0.39, 0.29) is 0 Å². The van der Waals surface area contributed by atoms with Crippen molar-refractivity contribution in [2.45, 2.75) is 26.3 Å². The lowest BCUT2D eigenvalue weighted by Crippen LogP contribution is -2.32. The van der Waals surface area contributed by atoms with Gasteiger partial charge in [0, 0.05) is 61.1 Å². The van der Waals surface area contributed by atoms with Crippen molar-refractivity contribution < 1.29 is 0 Å². The zero-order valence-corrected chi connectivity index (χ0v) is 13.4. The average molecular weight is 304 g/mol. The molecule has 0 N–H and O–H groups in total. The molecule has 4 heteroatoms. The van der Waals surface area contributed by atoms with Gasteiger partial charge in [0.15, 0.2) is 5.65 Å². The summed E-state index contributed by atoms with van der Waals surface area (Å²) in [6, 6.07) is 12.6. The molecule has 116 valence electrons. The fourth-order valence-electron chi connectivity index (χ4n) is 3.17. The van der Waals surface area contributed by atoms with E-state index in [1.165, 1.54) is 11.3 Å². The fraction of sp³-hybridized carbons (Fsp3) is 0.316. The van der Waals surface area contributed by atoms with Crippen molar-refractivity contribution in [3.8, 4) is 0 Å². The summed E-state index contributed by atoms with van der Waals surface area (Å²) >= 11 is 0. The van der Waals surface area contributed by atoms with Gasteiger partial charge in [-0.3, -0.25) is 9.88 Å². The van der Waals surface area contributed by atoms with E-state index in [4.69, 9.17) is 4.98 Å². The quantitative estimate of drug-likeness (QED) is 0.746. The first kappa shape index (κ1) is 14.3. The Morgan fingerprint density at radius 2 is 2.09 bits per heavy atom. The number of hydrogen-bond acceptors (Lipinski definition) is 4. The maximum Gasteiger partial charge on any atom is 0.159 e. The monoisotopic (exact) mass is 304 g/mol. The van der Waals surface area contributed by atoms with Gasteiger partial charge in [-0.1, -0.05) is 6.07 Å². The second kappa shape index (κ2) is 6.05. The molecular formula is C19H20N4. The lowest BCUT2D eigenvalue weighted by Gasteiger charge is -2.28. The standard InChI is InChI=1S/C19H20N4/c1-14-5-6-15-12-16-13-23(10-7-17-4-2-3-9-20-17)11-8-18(16)22-19(15)21-14/h2-6,9,12H,7-8,10-11,13H2,1H3. The van der Waals surface area contributed by atoms with Gasteiger partial charge >= 0.3 is 0 Å². The number of nitrogens with zero attached hydrogens (tertiary/aromatic N) is 4. The van der Waals surface area contributed by atoms with Crippen LogP contribution < -0.4 is 0 Å². The van der Waals surface area contributed by atoms with Crippen molar-refractivity contribution in [3.05, 3.63) is 65.2 Å². The number of hydrogen-bond donors (Lipinski definition) is 0. The summed E-state index contributed by atoms with van der Waals surface area (Å²) in [6.45, 7) is 5.09. The smallest absolute Gasteiger partial charge is 0.159 e. The Labute approximate surface area is 136 Å². The van der Waals surface area contributed by atoms with Crippen LogP contribution in [0.3, 0.4) is 0 Å². The van der Waals surface area contributed by atoms with Crippen molar-refractivity contribution in [3.63, 3.8) is 0 Å². The normalized spacial score (nSPS) is 14.8. The largest absolute Gasteiger partial charge is 0.298 e. The average Bonchev–Trinajstić information content (AvgIpc) is 2.59. The van der Waals surface area contributed by atoms with Crippen molar-refractivity contribution >= 4 is 11.0 Å². The second-order valence-corrected chi connectivity index (χ2v) is 6.19. The Morgan fingerprint density at radius 1 is 1.13 bits per heavy atom. The van der Waals surface area contributed by atoms with E-state index in [0.717, 1.165) is 54.9 Å². The first-order chi connectivity index (χ1) is 11.3. The fourth-order valence-corrected chi connectivity index (χ4v) is 3.17. The molecule has 1 aliphatic heterocycles. The van der Waals surface area contributed by atoms with Crippen molar-refractivity contribution in [2.24, 2.45) is 0 Å². The lowest BCUT2D eigenvalue weighted by molar-refractivity contribution is 0.255. The van der Waals surface area contributed by atoms with Crippen LogP contribution in [-0.2, 0) is 19.4 Å². The third-order valence-electron chi connectivity index (χ3n) is 4.45. The first-order valence-electron chi connectivity index (χ1n) is 8.16. The van der Waals surface area contributed by atoms with Crippen LogP contribution in [-0.4, -0.2) is 32.9 Å². The van der Waals surface area contributed by atoms with Crippen LogP contribution in [0.25, 0.3) is 11.0 Å². The molecule has 0 saturated heterocycles. The zero-order chi connectivity index (χ0) is 15.6. The van der Waals surface area contributed by atoms with Crippen LogP contribution >= 0.6 is 0 Å².